The van der Waals surface area contributed by atoms with Crippen molar-refractivity contribution in [3.8, 4) is 28.3 Å². The third-order valence-electron chi connectivity index (χ3n) is 6.89. The number of piperidine rings is 1. The van der Waals surface area contributed by atoms with E-state index >= 15 is 0 Å². The fourth-order valence-corrected chi connectivity index (χ4v) is 5.05. The summed E-state index contributed by atoms with van der Waals surface area (Å²) < 4.78 is 12.9. The van der Waals surface area contributed by atoms with Crippen LogP contribution < -0.4 is 20.5 Å². The molecule has 2 aliphatic rings. The second-order valence-corrected chi connectivity index (χ2v) is 9.90. The normalized spacial score (nSPS) is 16.9. The molecule has 1 fully saturated rings. The molecule has 0 radical (unpaired) electrons. The van der Waals surface area contributed by atoms with Crippen molar-refractivity contribution in [2.75, 3.05) is 25.2 Å². The van der Waals surface area contributed by atoms with Crippen LogP contribution in [0.3, 0.4) is 0 Å². The molecule has 0 aliphatic carbocycles. The Labute approximate surface area is 221 Å². The number of likely N-dealkylation sites (tertiary alicyclic amines) is 1. The Hall–Kier alpha value is -4.21. The summed E-state index contributed by atoms with van der Waals surface area (Å²) in [6.07, 6.45) is 7.55. The molecule has 38 heavy (non-hydrogen) atoms. The Morgan fingerprint density at radius 1 is 1.08 bits per heavy atom. The minimum absolute atomic E-state index is 0.200. The maximum Gasteiger partial charge on any atom is 0.274 e. The number of hydrogen-bond donors (Lipinski definition) is 2. The molecule has 4 heterocycles. The van der Waals surface area contributed by atoms with Crippen LogP contribution in [0.15, 0.2) is 67.3 Å². The van der Waals surface area contributed by atoms with E-state index in [1.54, 1.807) is 18.6 Å². The topological polar surface area (TPSA) is 108 Å². The molecule has 9 heteroatoms. The molecule has 1 atom stereocenters. The van der Waals surface area contributed by atoms with Crippen molar-refractivity contribution in [3.05, 3.63) is 84.2 Å². The highest BCUT2D eigenvalue weighted by molar-refractivity contribution is 6.03. The number of pyridine rings is 1. The Morgan fingerprint density at radius 2 is 1.95 bits per heavy atom. The predicted octanol–water partition coefficient (Wildman–Crippen LogP) is 4.15. The summed E-state index contributed by atoms with van der Waals surface area (Å²) in [5, 5.41) is 3.06. The number of ether oxygens (including phenoxy) is 2. The molecule has 1 unspecified atom stereocenters. The number of rotatable bonds is 6. The zero-order chi connectivity index (χ0) is 26.1. The average Bonchev–Trinajstić information content (AvgIpc) is 3.57. The molecule has 0 saturated carbocycles. The van der Waals surface area contributed by atoms with Gasteiger partial charge in [0.15, 0.2) is 11.5 Å². The number of carbonyl (C=O) groups excluding carboxylic acids is 1. The maximum atomic E-state index is 13.3. The highest BCUT2D eigenvalue weighted by atomic mass is 16.7. The SMILES string of the molecule is Cc1cn(-c2cc(CN3CCCC(N)C3)cc(NC(=O)c3cc(-c4ccc5c(c4)OCO5)ccn3)c2)cn1. The molecule has 1 amide bonds. The number of nitrogens with one attached hydrogen (secondary N) is 1. The van der Waals surface area contributed by atoms with Gasteiger partial charge < -0.3 is 25.1 Å². The molecule has 3 N–H and O–H groups in total. The highest BCUT2D eigenvalue weighted by Crippen LogP contribution is 2.36. The van der Waals surface area contributed by atoms with E-state index in [-0.39, 0.29) is 18.7 Å². The van der Waals surface area contributed by atoms with Crippen molar-refractivity contribution >= 4 is 11.6 Å². The highest BCUT2D eigenvalue weighted by Gasteiger charge is 2.19. The molecule has 0 spiro atoms. The van der Waals surface area contributed by atoms with Gasteiger partial charge >= 0.3 is 0 Å². The number of aromatic nitrogens is 3. The minimum atomic E-state index is -0.280. The molecule has 9 nitrogen and oxygen atoms in total. The summed E-state index contributed by atoms with van der Waals surface area (Å²) in [6.45, 7) is 4.81. The summed E-state index contributed by atoms with van der Waals surface area (Å²) in [7, 11) is 0. The average molecular weight is 511 g/mol. The lowest BCUT2D eigenvalue weighted by molar-refractivity contribution is 0.102. The van der Waals surface area contributed by atoms with Crippen LogP contribution >= 0.6 is 0 Å². The Morgan fingerprint density at radius 3 is 2.79 bits per heavy atom. The summed E-state index contributed by atoms with van der Waals surface area (Å²) in [4.78, 5) is 24.4. The second kappa shape index (κ2) is 10.3. The molecule has 194 valence electrons. The van der Waals surface area contributed by atoms with Crippen molar-refractivity contribution in [3.63, 3.8) is 0 Å². The number of imidazole rings is 1. The van der Waals surface area contributed by atoms with E-state index in [4.69, 9.17) is 15.2 Å². The first-order valence-corrected chi connectivity index (χ1v) is 12.8. The zero-order valence-electron chi connectivity index (χ0n) is 21.3. The molecule has 2 aliphatic heterocycles. The summed E-state index contributed by atoms with van der Waals surface area (Å²) in [6, 6.07) is 15.7. The monoisotopic (exact) mass is 510 g/mol. The van der Waals surface area contributed by atoms with E-state index in [1.807, 2.05) is 54.1 Å². The number of hydrogen-bond acceptors (Lipinski definition) is 7. The van der Waals surface area contributed by atoms with Crippen molar-refractivity contribution < 1.29 is 14.3 Å². The van der Waals surface area contributed by atoms with E-state index in [2.05, 4.69) is 26.3 Å². The van der Waals surface area contributed by atoms with Crippen molar-refractivity contribution in [2.24, 2.45) is 5.73 Å². The van der Waals surface area contributed by atoms with Gasteiger partial charge in [0.2, 0.25) is 6.79 Å². The van der Waals surface area contributed by atoms with Gasteiger partial charge in [-0.2, -0.15) is 0 Å². The molecule has 4 aromatic rings. The Balaban J connectivity index is 1.26. The number of benzene rings is 2. The molecular formula is C29H30N6O3. The number of aryl methyl sites for hydroxylation is 1. The third-order valence-corrected chi connectivity index (χ3v) is 6.89. The zero-order valence-corrected chi connectivity index (χ0v) is 21.3. The largest absolute Gasteiger partial charge is 0.454 e. The molecular weight excluding hydrogens is 480 g/mol. The van der Waals surface area contributed by atoms with Gasteiger partial charge in [0.25, 0.3) is 5.91 Å². The summed E-state index contributed by atoms with van der Waals surface area (Å²) in [5.74, 6) is 1.13. The van der Waals surface area contributed by atoms with Crippen LogP contribution in [-0.4, -0.2) is 51.3 Å². The fourth-order valence-electron chi connectivity index (χ4n) is 5.05. The molecule has 0 bridgehead atoms. The Bertz CT molecular complexity index is 1480. The van der Waals surface area contributed by atoms with Crippen molar-refractivity contribution in [2.45, 2.75) is 32.4 Å². The molecule has 2 aromatic heterocycles. The van der Waals surface area contributed by atoms with Gasteiger partial charge in [-0.3, -0.25) is 14.7 Å². The van der Waals surface area contributed by atoms with Crippen LogP contribution in [0.1, 0.15) is 34.6 Å². The number of fused-ring (bicyclic) bond motifs is 1. The quantitative estimate of drug-likeness (QED) is 0.401. The molecule has 1 saturated heterocycles. The van der Waals surface area contributed by atoms with Gasteiger partial charge in [-0.15, -0.1) is 0 Å². The van der Waals surface area contributed by atoms with Crippen LogP contribution in [0.5, 0.6) is 11.5 Å². The number of nitrogens with zero attached hydrogens (tertiary/aromatic N) is 4. The number of nitrogens with two attached hydrogens (primary N) is 1. The van der Waals surface area contributed by atoms with E-state index < -0.39 is 0 Å². The van der Waals surface area contributed by atoms with E-state index in [1.165, 1.54) is 0 Å². The second-order valence-electron chi connectivity index (χ2n) is 9.90. The standard InChI is InChI=1S/C29H30N6O3/c1-19-14-35(17-32-19)25-10-20(15-34-8-2-3-23(30)16-34)9-24(13-25)33-29(36)26-11-22(6-7-31-26)21-4-5-27-28(12-21)38-18-37-27/h4-7,9-14,17,23H,2-3,8,15-16,18,30H2,1H3,(H,33,36). The minimum Gasteiger partial charge on any atom is -0.454 e. The van der Waals surface area contributed by atoms with Gasteiger partial charge in [-0.25, -0.2) is 4.98 Å². The fraction of sp³-hybridized carbons (Fsp3) is 0.276. The van der Waals surface area contributed by atoms with Gasteiger partial charge in [0.05, 0.1) is 12.0 Å². The van der Waals surface area contributed by atoms with Crippen molar-refractivity contribution in [1.82, 2.24) is 19.4 Å². The lowest BCUT2D eigenvalue weighted by Crippen LogP contribution is -2.42. The predicted molar refractivity (Wildman–Crippen MR) is 145 cm³/mol. The van der Waals surface area contributed by atoms with E-state index in [0.717, 1.165) is 66.3 Å². The number of carbonyl (C=O) groups is 1. The van der Waals surface area contributed by atoms with E-state index in [9.17, 15) is 4.79 Å². The lowest BCUT2D eigenvalue weighted by Gasteiger charge is -2.30. The first kappa shape index (κ1) is 24.1. The van der Waals surface area contributed by atoms with Gasteiger partial charge in [-0.1, -0.05) is 6.07 Å². The van der Waals surface area contributed by atoms with Gasteiger partial charge in [-0.05, 0) is 85.5 Å². The van der Waals surface area contributed by atoms with Crippen LogP contribution in [0, 0.1) is 6.92 Å². The molecule has 6 rings (SSSR count). The van der Waals surface area contributed by atoms with Crippen LogP contribution in [-0.2, 0) is 6.54 Å². The smallest absolute Gasteiger partial charge is 0.274 e. The first-order valence-electron chi connectivity index (χ1n) is 12.8. The maximum absolute atomic E-state index is 13.3. The first-order chi connectivity index (χ1) is 18.5. The van der Waals surface area contributed by atoms with Gasteiger partial charge in [0, 0.05) is 42.9 Å². The third kappa shape index (κ3) is 5.25. The lowest BCUT2D eigenvalue weighted by atomic mass is 10.0. The molecule has 2 aromatic carbocycles. The Kier molecular flexibility index (Phi) is 6.53. The van der Waals surface area contributed by atoms with E-state index in [0.29, 0.717) is 17.1 Å². The summed E-state index contributed by atoms with van der Waals surface area (Å²) in [5.41, 5.74) is 12.0. The van der Waals surface area contributed by atoms with Gasteiger partial charge in [0.1, 0.15) is 5.69 Å². The van der Waals surface area contributed by atoms with Crippen LogP contribution in [0.4, 0.5) is 5.69 Å². The number of amides is 1. The number of anilines is 1. The van der Waals surface area contributed by atoms with Crippen molar-refractivity contribution in [1.29, 1.82) is 0 Å². The van der Waals surface area contributed by atoms with Crippen LogP contribution in [0.25, 0.3) is 16.8 Å². The van der Waals surface area contributed by atoms with Crippen LogP contribution in [0.2, 0.25) is 0 Å². The summed E-state index contributed by atoms with van der Waals surface area (Å²) >= 11 is 0.